The summed E-state index contributed by atoms with van der Waals surface area (Å²) in [6.45, 7) is 0. The van der Waals surface area contributed by atoms with Crippen LogP contribution in [0.1, 0.15) is 0 Å². The number of halogens is 1. The standard InChI is InChI=1S/C22H18ClN5O3/c1-27-20-14(8-5-12-26-20)17(13-7-3-4-10-16(13)31-2)18(21(27)29)28(22(24)30)15-9-6-11-25-19(15)23/h3-12H,1-2H3,(H2,24,30). The summed E-state index contributed by atoms with van der Waals surface area (Å²) in [7, 11) is 3.11. The molecular formula is C22H18ClN5O3. The molecule has 0 saturated carbocycles. The third kappa shape index (κ3) is 3.36. The molecule has 1 aromatic carbocycles. The van der Waals surface area contributed by atoms with Crippen molar-refractivity contribution < 1.29 is 9.53 Å². The van der Waals surface area contributed by atoms with Gasteiger partial charge in [-0.1, -0.05) is 29.8 Å². The number of primary amides is 1. The molecule has 2 N–H and O–H groups in total. The normalized spacial score (nSPS) is 10.8. The molecule has 0 unspecified atom stereocenters. The van der Waals surface area contributed by atoms with Crippen molar-refractivity contribution in [3.63, 3.8) is 0 Å². The summed E-state index contributed by atoms with van der Waals surface area (Å²) in [4.78, 5) is 35.7. The van der Waals surface area contributed by atoms with Gasteiger partial charge in [-0.3, -0.25) is 14.3 Å². The summed E-state index contributed by atoms with van der Waals surface area (Å²) in [6.07, 6.45) is 3.08. The lowest BCUT2D eigenvalue weighted by Crippen LogP contribution is -2.37. The van der Waals surface area contributed by atoms with E-state index in [1.165, 1.54) is 17.9 Å². The number of hydrogen-bond acceptors (Lipinski definition) is 5. The number of aryl methyl sites for hydroxylation is 1. The number of aromatic nitrogens is 3. The molecule has 0 aliphatic heterocycles. The number of ether oxygens (including phenoxy) is 1. The molecule has 2 amide bonds. The number of amides is 2. The summed E-state index contributed by atoms with van der Waals surface area (Å²) >= 11 is 6.27. The van der Waals surface area contributed by atoms with Crippen LogP contribution in [-0.4, -0.2) is 27.7 Å². The van der Waals surface area contributed by atoms with Crippen LogP contribution in [0.4, 0.5) is 16.2 Å². The van der Waals surface area contributed by atoms with Crippen molar-refractivity contribution in [2.45, 2.75) is 0 Å². The van der Waals surface area contributed by atoms with E-state index in [-0.39, 0.29) is 16.5 Å². The molecule has 0 radical (unpaired) electrons. The van der Waals surface area contributed by atoms with Gasteiger partial charge in [0.15, 0.2) is 5.15 Å². The zero-order chi connectivity index (χ0) is 22.1. The quantitative estimate of drug-likeness (QED) is 0.490. The van der Waals surface area contributed by atoms with Gasteiger partial charge in [0, 0.05) is 36.0 Å². The minimum Gasteiger partial charge on any atom is -0.496 e. The maximum Gasteiger partial charge on any atom is 0.324 e. The van der Waals surface area contributed by atoms with E-state index in [0.29, 0.717) is 27.9 Å². The summed E-state index contributed by atoms with van der Waals surface area (Å²) < 4.78 is 6.91. The highest BCUT2D eigenvalue weighted by Gasteiger charge is 2.29. The number of pyridine rings is 3. The summed E-state index contributed by atoms with van der Waals surface area (Å²) in [5.74, 6) is 0.517. The van der Waals surface area contributed by atoms with Gasteiger partial charge in [0.25, 0.3) is 5.56 Å². The number of benzene rings is 1. The van der Waals surface area contributed by atoms with Crippen LogP contribution in [0.5, 0.6) is 5.75 Å². The topological polar surface area (TPSA) is 103 Å². The second-order valence-corrected chi connectivity index (χ2v) is 7.01. The first-order valence-corrected chi connectivity index (χ1v) is 9.64. The van der Waals surface area contributed by atoms with Gasteiger partial charge in [0.1, 0.15) is 17.1 Å². The van der Waals surface area contributed by atoms with E-state index >= 15 is 0 Å². The van der Waals surface area contributed by atoms with Crippen LogP contribution in [0.3, 0.4) is 0 Å². The largest absolute Gasteiger partial charge is 0.496 e. The van der Waals surface area contributed by atoms with Crippen LogP contribution >= 0.6 is 11.6 Å². The number of rotatable bonds is 4. The average molecular weight is 436 g/mol. The van der Waals surface area contributed by atoms with Crippen LogP contribution in [0, 0.1) is 0 Å². The molecule has 3 heterocycles. The summed E-state index contributed by atoms with van der Waals surface area (Å²) in [5, 5.41) is 0.663. The smallest absolute Gasteiger partial charge is 0.324 e. The molecule has 4 aromatic rings. The molecule has 9 heteroatoms. The van der Waals surface area contributed by atoms with Crippen molar-refractivity contribution in [3.05, 3.63) is 76.4 Å². The zero-order valence-electron chi connectivity index (χ0n) is 16.7. The molecule has 8 nitrogen and oxygen atoms in total. The molecule has 31 heavy (non-hydrogen) atoms. The zero-order valence-corrected chi connectivity index (χ0v) is 17.5. The van der Waals surface area contributed by atoms with Gasteiger partial charge in [-0.25, -0.2) is 14.8 Å². The molecule has 0 spiro atoms. The lowest BCUT2D eigenvalue weighted by Gasteiger charge is -2.25. The van der Waals surface area contributed by atoms with E-state index in [4.69, 9.17) is 22.1 Å². The number of nitrogens with zero attached hydrogens (tertiary/aromatic N) is 4. The number of methoxy groups -OCH3 is 1. The third-order valence-corrected chi connectivity index (χ3v) is 5.21. The number of anilines is 2. The van der Waals surface area contributed by atoms with Crippen LogP contribution in [-0.2, 0) is 7.05 Å². The van der Waals surface area contributed by atoms with E-state index < -0.39 is 11.6 Å². The van der Waals surface area contributed by atoms with Crippen molar-refractivity contribution >= 4 is 40.0 Å². The van der Waals surface area contributed by atoms with Crippen LogP contribution in [0.15, 0.2) is 65.7 Å². The fourth-order valence-corrected chi connectivity index (χ4v) is 3.78. The molecule has 0 bridgehead atoms. The van der Waals surface area contributed by atoms with Crippen LogP contribution in [0.25, 0.3) is 22.2 Å². The Labute approximate surface area is 182 Å². The highest BCUT2D eigenvalue weighted by molar-refractivity contribution is 6.33. The number of nitrogens with two attached hydrogens (primary N) is 1. The maximum absolute atomic E-state index is 13.6. The predicted molar refractivity (Wildman–Crippen MR) is 120 cm³/mol. The van der Waals surface area contributed by atoms with Crippen molar-refractivity contribution in [1.29, 1.82) is 0 Å². The molecule has 0 aliphatic rings. The van der Waals surface area contributed by atoms with Crippen molar-refractivity contribution in [1.82, 2.24) is 14.5 Å². The van der Waals surface area contributed by atoms with Gasteiger partial charge in [-0.2, -0.15) is 0 Å². The number of hydrogen-bond donors (Lipinski definition) is 1. The minimum absolute atomic E-state index is 0.0231. The number of fused-ring (bicyclic) bond motifs is 1. The Morgan fingerprint density at radius 1 is 1.10 bits per heavy atom. The van der Waals surface area contributed by atoms with Gasteiger partial charge >= 0.3 is 6.03 Å². The summed E-state index contributed by atoms with van der Waals surface area (Å²) in [6, 6.07) is 13.1. The predicted octanol–water partition coefficient (Wildman–Crippen LogP) is 3.87. The lowest BCUT2D eigenvalue weighted by molar-refractivity contribution is 0.256. The fraction of sp³-hybridized carbons (Fsp3) is 0.0909. The Balaban J connectivity index is 2.22. The first-order valence-electron chi connectivity index (χ1n) is 9.27. The summed E-state index contributed by atoms with van der Waals surface area (Å²) in [5.41, 5.74) is 6.98. The Bertz CT molecular complexity index is 1370. The highest BCUT2D eigenvalue weighted by Crippen LogP contribution is 2.42. The number of para-hydroxylation sites is 1. The second-order valence-electron chi connectivity index (χ2n) is 6.65. The van der Waals surface area contributed by atoms with E-state index in [2.05, 4.69) is 9.97 Å². The van der Waals surface area contributed by atoms with Gasteiger partial charge in [-0.05, 0) is 30.3 Å². The molecular weight excluding hydrogens is 418 g/mol. The van der Waals surface area contributed by atoms with Gasteiger partial charge in [0.05, 0.1) is 12.8 Å². The van der Waals surface area contributed by atoms with E-state index in [0.717, 1.165) is 4.90 Å². The Hall–Kier alpha value is -3.91. The molecule has 0 fully saturated rings. The van der Waals surface area contributed by atoms with Crippen molar-refractivity contribution in [2.24, 2.45) is 12.8 Å². The fourth-order valence-electron chi connectivity index (χ4n) is 3.57. The number of carbonyl (C=O) groups is 1. The number of urea groups is 1. The molecule has 4 rings (SSSR count). The van der Waals surface area contributed by atoms with Crippen LogP contribution in [0.2, 0.25) is 5.15 Å². The third-order valence-electron chi connectivity index (χ3n) is 4.92. The van der Waals surface area contributed by atoms with E-state index in [1.807, 2.05) is 18.2 Å². The van der Waals surface area contributed by atoms with Crippen molar-refractivity contribution in [2.75, 3.05) is 12.0 Å². The SMILES string of the molecule is COc1ccccc1-c1c(N(C(N)=O)c2cccnc2Cl)c(=O)n(C)c2ncccc12. The first kappa shape index (κ1) is 20.4. The Kier molecular flexibility index (Phi) is 5.31. The molecule has 0 aliphatic carbocycles. The number of carbonyl (C=O) groups excluding carboxylic acids is 1. The molecule has 156 valence electrons. The van der Waals surface area contributed by atoms with Gasteiger partial charge < -0.3 is 10.5 Å². The first-order chi connectivity index (χ1) is 15.0. The maximum atomic E-state index is 13.6. The van der Waals surface area contributed by atoms with E-state index in [9.17, 15) is 9.59 Å². The van der Waals surface area contributed by atoms with Crippen molar-refractivity contribution in [3.8, 4) is 16.9 Å². The highest BCUT2D eigenvalue weighted by atomic mass is 35.5. The molecule has 0 atom stereocenters. The molecule has 0 saturated heterocycles. The second kappa shape index (κ2) is 8.08. The van der Waals surface area contributed by atoms with E-state index in [1.54, 1.807) is 43.6 Å². The minimum atomic E-state index is -0.883. The van der Waals surface area contributed by atoms with Crippen LogP contribution < -0.4 is 20.9 Å². The Morgan fingerprint density at radius 2 is 1.81 bits per heavy atom. The average Bonchev–Trinajstić information content (AvgIpc) is 2.78. The van der Waals surface area contributed by atoms with Gasteiger partial charge in [0.2, 0.25) is 0 Å². The Morgan fingerprint density at radius 3 is 2.52 bits per heavy atom. The molecule has 3 aromatic heterocycles. The lowest BCUT2D eigenvalue weighted by atomic mass is 9.98. The van der Waals surface area contributed by atoms with Gasteiger partial charge in [-0.15, -0.1) is 0 Å². The monoisotopic (exact) mass is 435 g/mol.